The van der Waals surface area contributed by atoms with E-state index in [1.165, 1.54) is 90.6 Å². The van der Waals surface area contributed by atoms with Gasteiger partial charge >= 0.3 is 5.97 Å². The van der Waals surface area contributed by atoms with Crippen molar-refractivity contribution in [3.8, 4) is 0 Å². The number of ether oxygens (including phenoxy) is 1. The molecule has 0 aromatic heterocycles. The van der Waals surface area contributed by atoms with Gasteiger partial charge in [0.25, 0.3) is 0 Å². The molecule has 0 aromatic carbocycles. The fourth-order valence-corrected chi connectivity index (χ4v) is 3.74. The summed E-state index contributed by atoms with van der Waals surface area (Å²) in [5.41, 5.74) is 0. The summed E-state index contributed by atoms with van der Waals surface area (Å²) in [7, 11) is 1.53. The van der Waals surface area contributed by atoms with Crippen LogP contribution in [0.1, 0.15) is 96.8 Å². The molecular weight excluding hydrogens is 260 g/mol. The van der Waals surface area contributed by atoms with Crippen molar-refractivity contribution in [1.29, 1.82) is 0 Å². The largest absolute Gasteiger partial charge is 0.469 e. The second-order valence-electron chi connectivity index (χ2n) is 6.79. The van der Waals surface area contributed by atoms with Gasteiger partial charge in [-0.3, -0.25) is 4.79 Å². The molecule has 124 valence electrons. The Bertz CT molecular complexity index is 262. The third-order valence-electron chi connectivity index (χ3n) is 5.09. The highest BCUT2D eigenvalue weighted by atomic mass is 16.5. The Hall–Kier alpha value is -0.530. The summed E-state index contributed by atoms with van der Waals surface area (Å²) in [5.74, 6) is 0.838. The quantitative estimate of drug-likeness (QED) is 0.332. The van der Waals surface area contributed by atoms with E-state index in [-0.39, 0.29) is 11.9 Å². The van der Waals surface area contributed by atoms with Gasteiger partial charge in [0.1, 0.15) is 0 Å². The Kier molecular flexibility index (Phi) is 10.6. The minimum absolute atomic E-state index is 0.0320. The van der Waals surface area contributed by atoms with Gasteiger partial charge in [0.15, 0.2) is 0 Å². The standard InChI is InChI=1S/C19H36O2/c1-3-4-5-6-7-8-9-10-11-12-14-17-15-13-16-18(17)19(20)21-2/h17-18H,3-16H2,1-2H3/t17-,18+/m0/s1. The number of esters is 1. The zero-order valence-corrected chi connectivity index (χ0v) is 14.4. The molecule has 1 aliphatic carbocycles. The maximum absolute atomic E-state index is 11.7. The number of unbranched alkanes of at least 4 members (excludes halogenated alkanes) is 9. The van der Waals surface area contributed by atoms with E-state index in [4.69, 9.17) is 4.74 Å². The molecule has 0 amide bonds. The van der Waals surface area contributed by atoms with Gasteiger partial charge in [0.2, 0.25) is 0 Å². The first-order valence-electron chi connectivity index (χ1n) is 9.37. The van der Waals surface area contributed by atoms with E-state index >= 15 is 0 Å². The topological polar surface area (TPSA) is 26.3 Å². The summed E-state index contributed by atoms with van der Waals surface area (Å²) >= 11 is 0. The van der Waals surface area contributed by atoms with Gasteiger partial charge in [0, 0.05) is 0 Å². The second kappa shape index (κ2) is 12.1. The van der Waals surface area contributed by atoms with Gasteiger partial charge in [-0.1, -0.05) is 77.6 Å². The fraction of sp³-hybridized carbons (Fsp3) is 0.947. The van der Waals surface area contributed by atoms with E-state index in [0.29, 0.717) is 5.92 Å². The van der Waals surface area contributed by atoms with E-state index in [2.05, 4.69) is 6.92 Å². The highest BCUT2D eigenvalue weighted by Gasteiger charge is 2.32. The molecule has 2 atom stereocenters. The number of methoxy groups -OCH3 is 1. The van der Waals surface area contributed by atoms with Crippen LogP contribution in [0.2, 0.25) is 0 Å². The van der Waals surface area contributed by atoms with Crippen LogP contribution in [0.3, 0.4) is 0 Å². The monoisotopic (exact) mass is 296 g/mol. The Balaban J connectivity index is 1.93. The SMILES string of the molecule is CCCCCCCCCCCC[C@H]1CCC[C@H]1C(=O)OC. The summed E-state index contributed by atoms with van der Waals surface area (Å²) < 4.78 is 4.93. The van der Waals surface area contributed by atoms with Crippen molar-refractivity contribution in [2.75, 3.05) is 7.11 Å². The molecule has 1 fully saturated rings. The first-order chi connectivity index (χ1) is 10.3. The molecule has 1 rings (SSSR count). The number of hydrogen-bond donors (Lipinski definition) is 0. The van der Waals surface area contributed by atoms with Crippen molar-refractivity contribution in [3.05, 3.63) is 0 Å². The van der Waals surface area contributed by atoms with Crippen molar-refractivity contribution < 1.29 is 9.53 Å². The molecule has 0 aromatic rings. The zero-order chi connectivity index (χ0) is 15.3. The molecule has 1 aliphatic rings. The van der Waals surface area contributed by atoms with Crippen LogP contribution in [0.5, 0.6) is 0 Å². The van der Waals surface area contributed by atoms with Crippen LogP contribution in [-0.4, -0.2) is 13.1 Å². The molecule has 2 heteroatoms. The number of rotatable bonds is 12. The summed E-state index contributed by atoms with van der Waals surface area (Å²) in [6.45, 7) is 2.27. The Morgan fingerprint density at radius 1 is 0.905 bits per heavy atom. The molecule has 0 bridgehead atoms. The van der Waals surface area contributed by atoms with Gasteiger partial charge in [-0.15, -0.1) is 0 Å². The summed E-state index contributed by atoms with van der Waals surface area (Å²) in [4.78, 5) is 11.7. The maximum Gasteiger partial charge on any atom is 0.308 e. The van der Waals surface area contributed by atoms with Gasteiger partial charge < -0.3 is 4.74 Å². The van der Waals surface area contributed by atoms with Gasteiger partial charge in [-0.25, -0.2) is 0 Å². The van der Waals surface area contributed by atoms with Gasteiger partial charge in [-0.2, -0.15) is 0 Å². The molecule has 0 radical (unpaired) electrons. The van der Waals surface area contributed by atoms with Gasteiger partial charge in [0.05, 0.1) is 13.0 Å². The smallest absolute Gasteiger partial charge is 0.308 e. The maximum atomic E-state index is 11.7. The van der Waals surface area contributed by atoms with Crippen molar-refractivity contribution in [3.63, 3.8) is 0 Å². The summed E-state index contributed by atoms with van der Waals surface area (Å²) in [5, 5.41) is 0. The lowest BCUT2D eigenvalue weighted by Crippen LogP contribution is -2.20. The molecule has 0 heterocycles. The highest BCUT2D eigenvalue weighted by molar-refractivity contribution is 5.72. The first kappa shape index (κ1) is 18.5. The fourth-order valence-electron chi connectivity index (χ4n) is 3.74. The highest BCUT2D eigenvalue weighted by Crippen LogP contribution is 2.36. The molecule has 0 N–H and O–H groups in total. The predicted molar refractivity (Wildman–Crippen MR) is 89.3 cm³/mol. The van der Waals surface area contributed by atoms with Crippen molar-refractivity contribution in [2.45, 2.75) is 96.8 Å². The molecule has 2 nitrogen and oxygen atoms in total. The van der Waals surface area contributed by atoms with Crippen LogP contribution in [0.4, 0.5) is 0 Å². The van der Waals surface area contributed by atoms with Crippen molar-refractivity contribution in [1.82, 2.24) is 0 Å². The molecule has 1 saturated carbocycles. The number of carbonyl (C=O) groups excluding carboxylic acids is 1. The first-order valence-corrected chi connectivity index (χ1v) is 9.37. The lowest BCUT2D eigenvalue weighted by Gasteiger charge is -2.17. The Labute approximate surface area is 132 Å². The number of carbonyl (C=O) groups is 1. The van der Waals surface area contributed by atoms with Crippen LogP contribution in [0, 0.1) is 11.8 Å². The van der Waals surface area contributed by atoms with E-state index in [1.54, 1.807) is 0 Å². The molecular formula is C19H36O2. The lowest BCUT2D eigenvalue weighted by molar-refractivity contribution is -0.146. The third kappa shape index (κ3) is 7.87. The zero-order valence-electron chi connectivity index (χ0n) is 14.4. The summed E-state index contributed by atoms with van der Waals surface area (Å²) in [6, 6.07) is 0. The second-order valence-corrected chi connectivity index (χ2v) is 6.79. The predicted octanol–water partition coefficient (Wildman–Crippen LogP) is 5.89. The van der Waals surface area contributed by atoms with E-state index in [9.17, 15) is 4.79 Å². The number of hydrogen-bond acceptors (Lipinski definition) is 2. The molecule has 21 heavy (non-hydrogen) atoms. The lowest BCUT2D eigenvalue weighted by atomic mass is 9.90. The third-order valence-corrected chi connectivity index (χ3v) is 5.09. The van der Waals surface area contributed by atoms with Crippen LogP contribution in [-0.2, 0) is 9.53 Å². The average molecular weight is 296 g/mol. The Morgan fingerprint density at radius 3 is 2.05 bits per heavy atom. The van der Waals surface area contributed by atoms with Gasteiger partial charge in [-0.05, 0) is 25.2 Å². The van der Waals surface area contributed by atoms with Crippen molar-refractivity contribution >= 4 is 5.97 Å². The van der Waals surface area contributed by atoms with E-state index < -0.39 is 0 Å². The minimum Gasteiger partial charge on any atom is -0.469 e. The van der Waals surface area contributed by atoms with E-state index in [0.717, 1.165) is 6.42 Å². The van der Waals surface area contributed by atoms with Crippen LogP contribution in [0.15, 0.2) is 0 Å². The van der Waals surface area contributed by atoms with Crippen LogP contribution >= 0.6 is 0 Å². The van der Waals surface area contributed by atoms with Crippen LogP contribution in [0.25, 0.3) is 0 Å². The minimum atomic E-state index is 0.0320. The normalized spacial score (nSPS) is 21.6. The van der Waals surface area contributed by atoms with Crippen LogP contribution < -0.4 is 0 Å². The Morgan fingerprint density at radius 2 is 1.48 bits per heavy atom. The van der Waals surface area contributed by atoms with E-state index in [1.807, 2.05) is 0 Å². The molecule has 0 spiro atoms. The average Bonchev–Trinajstić information content (AvgIpc) is 2.97. The molecule has 0 unspecified atom stereocenters. The van der Waals surface area contributed by atoms with Crippen molar-refractivity contribution in [2.24, 2.45) is 11.8 Å². The summed E-state index contributed by atoms with van der Waals surface area (Å²) in [6.07, 6.45) is 18.6. The molecule has 0 aliphatic heterocycles. The molecule has 0 saturated heterocycles.